The van der Waals surface area contributed by atoms with Crippen molar-refractivity contribution in [2.24, 2.45) is 0 Å². The Hall–Kier alpha value is -3.45. The van der Waals surface area contributed by atoms with Gasteiger partial charge in [-0.05, 0) is 54.1 Å². The summed E-state index contributed by atoms with van der Waals surface area (Å²) in [5, 5.41) is 7.42. The largest absolute Gasteiger partial charge is 0.350 e. The molecule has 29 heavy (non-hydrogen) atoms. The van der Waals surface area contributed by atoms with E-state index in [0.29, 0.717) is 28.6 Å². The molecule has 1 N–H and O–H groups in total. The smallest absolute Gasteiger partial charge is 0.274 e. The topological polar surface area (TPSA) is 73.0 Å². The maximum atomic E-state index is 13.1. The van der Waals surface area contributed by atoms with Crippen LogP contribution < -0.4 is 5.32 Å². The van der Waals surface area contributed by atoms with Crippen molar-refractivity contribution in [1.29, 1.82) is 0 Å². The Kier molecular flexibility index (Phi) is 5.39. The van der Waals surface area contributed by atoms with Crippen LogP contribution in [-0.2, 0) is 17.9 Å². The highest BCUT2D eigenvalue weighted by atomic mass is 35.5. The molecular formula is C21H16ClFN4O2. The van der Waals surface area contributed by atoms with Crippen molar-refractivity contribution in [3.05, 3.63) is 83.3 Å². The molecule has 0 unspecified atom stereocenters. The minimum absolute atomic E-state index is 0.0944. The maximum Gasteiger partial charge on any atom is 0.274 e. The van der Waals surface area contributed by atoms with Crippen LogP contribution in [0.15, 0.2) is 71.4 Å². The summed E-state index contributed by atoms with van der Waals surface area (Å²) in [6.45, 7) is 0.475. The molecule has 2 heterocycles. The molecule has 0 aliphatic rings. The fourth-order valence-corrected chi connectivity index (χ4v) is 3.06. The highest BCUT2D eigenvalue weighted by Gasteiger charge is 2.15. The first-order chi connectivity index (χ1) is 14.1. The van der Waals surface area contributed by atoms with Gasteiger partial charge in [-0.2, -0.15) is 4.98 Å². The summed E-state index contributed by atoms with van der Waals surface area (Å²) in [5.74, 6) is 0.117. The van der Waals surface area contributed by atoms with E-state index in [-0.39, 0.29) is 24.2 Å². The summed E-state index contributed by atoms with van der Waals surface area (Å²) < 4.78 is 20.1. The number of carbonyl (C=O) groups excluding carboxylic acids is 1. The van der Waals surface area contributed by atoms with E-state index in [1.807, 2.05) is 12.1 Å². The molecule has 8 heteroatoms. The van der Waals surface area contributed by atoms with E-state index in [0.717, 1.165) is 5.56 Å². The summed E-state index contributed by atoms with van der Waals surface area (Å²) in [5.41, 5.74) is 2.17. The fourth-order valence-electron chi connectivity index (χ4n) is 2.85. The number of carbonyl (C=O) groups is 1. The van der Waals surface area contributed by atoms with Gasteiger partial charge in [-0.25, -0.2) is 4.39 Å². The number of aromatic nitrogens is 3. The third-order valence-electron chi connectivity index (χ3n) is 4.27. The van der Waals surface area contributed by atoms with Crippen LogP contribution in [0.5, 0.6) is 0 Å². The van der Waals surface area contributed by atoms with Gasteiger partial charge >= 0.3 is 0 Å². The van der Waals surface area contributed by atoms with E-state index in [9.17, 15) is 9.18 Å². The summed E-state index contributed by atoms with van der Waals surface area (Å²) in [6.07, 6.45) is 1.76. The summed E-state index contributed by atoms with van der Waals surface area (Å²) in [6, 6.07) is 16.7. The lowest BCUT2D eigenvalue weighted by atomic mass is 10.2. The van der Waals surface area contributed by atoms with Gasteiger partial charge in [0.15, 0.2) is 0 Å². The van der Waals surface area contributed by atoms with Gasteiger partial charge in [-0.15, -0.1) is 0 Å². The van der Waals surface area contributed by atoms with Crippen LogP contribution in [0.4, 0.5) is 4.39 Å². The lowest BCUT2D eigenvalue weighted by Gasteiger charge is -2.08. The van der Waals surface area contributed by atoms with Crippen LogP contribution in [-0.4, -0.2) is 20.6 Å². The van der Waals surface area contributed by atoms with Crippen LogP contribution in [0.1, 0.15) is 5.56 Å². The molecule has 0 radical (unpaired) electrons. The first kappa shape index (κ1) is 18.9. The van der Waals surface area contributed by atoms with Gasteiger partial charge in [0.2, 0.25) is 11.7 Å². The number of benzene rings is 2. The number of halogens is 2. The van der Waals surface area contributed by atoms with Crippen molar-refractivity contribution in [1.82, 2.24) is 20.0 Å². The molecule has 0 aliphatic carbocycles. The Morgan fingerprint density at radius 2 is 1.97 bits per heavy atom. The number of amides is 1. The van der Waals surface area contributed by atoms with Crippen molar-refractivity contribution in [3.8, 4) is 23.0 Å². The minimum atomic E-state index is -0.338. The molecule has 2 aromatic carbocycles. The molecule has 0 aliphatic heterocycles. The van der Waals surface area contributed by atoms with Crippen molar-refractivity contribution in [3.63, 3.8) is 0 Å². The summed E-state index contributed by atoms with van der Waals surface area (Å²) in [7, 11) is 0. The predicted molar refractivity (Wildman–Crippen MR) is 106 cm³/mol. The van der Waals surface area contributed by atoms with Crippen LogP contribution in [0, 0.1) is 5.82 Å². The van der Waals surface area contributed by atoms with E-state index in [1.165, 1.54) is 12.1 Å². The molecule has 4 aromatic rings. The fraction of sp³-hybridized carbons (Fsp3) is 0.0952. The van der Waals surface area contributed by atoms with Crippen LogP contribution in [0.2, 0.25) is 5.02 Å². The van der Waals surface area contributed by atoms with E-state index in [1.54, 1.807) is 47.2 Å². The van der Waals surface area contributed by atoms with Crippen LogP contribution in [0.3, 0.4) is 0 Å². The third kappa shape index (κ3) is 4.52. The second kappa shape index (κ2) is 8.28. The monoisotopic (exact) mass is 410 g/mol. The molecule has 0 saturated heterocycles. The predicted octanol–water partition coefficient (Wildman–Crippen LogP) is 4.31. The first-order valence-corrected chi connectivity index (χ1v) is 9.22. The van der Waals surface area contributed by atoms with Gasteiger partial charge < -0.3 is 14.4 Å². The molecule has 1 amide bonds. The normalized spacial score (nSPS) is 10.8. The van der Waals surface area contributed by atoms with Gasteiger partial charge in [-0.3, -0.25) is 4.79 Å². The van der Waals surface area contributed by atoms with Gasteiger partial charge in [0.05, 0.1) is 0 Å². The maximum absolute atomic E-state index is 13.1. The van der Waals surface area contributed by atoms with Crippen molar-refractivity contribution >= 4 is 17.5 Å². The molecule has 0 bridgehead atoms. The zero-order valence-corrected chi connectivity index (χ0v) is 15.9. The van der Waals surface area contributed by atoms with E-state index < -0.39 is 0 Å². The van der Waals surface area contributed by atoms with E-state index >= 15 is 0 Å². The quantitative estimate of drug-likeness (QED) is 0.514. The molecule has 0 saturated carbocycles. The van der Waals surface area contributed by atoms with E-state index in [2.05, 4.69) is 15.5 Å². The minimum Gasteiger partial charge on any atom is -0.350 e. The van der Waals surface area contributed by atoms with Gasteiger partial charge in [-0.1, -0.05) is 28.9 Å². The highest BCUT2D eigenvalue weighted by molar-refractivity contribution is 6.30. The molecule has 4 rings (SSSR count). The molecule has 6 nitrogen and oxygen atoms in total. The average molecular weight is 411 g/mol. The molecule has 2 aromatic heterocycles. The Labute approximate surface area is 170 Å². The Morgan fingerprint density at radius 3 is 2.76 bits per heavy atom. The third-order valence-corrected chi connectivity index (χ3v) is 4.50. The molecular weight excluding hydrogens is 395 g/mol. The standard InChI is InChI=1S/C21H16ClFN4O2/c22-16-4-1-3-14(11-16)12-24-19(28)13-27-10-2-5-18(27)21-25-20(26-29-21)15-6-8-17(23)9-7-15/h1-11H,12-13H2,(H,24,28). The number of nitrogens with one attached hydrogen (secondary N) is 1. The molecule has 0 fully saturated rings. The van der Waals surface area contributed by atoms with Crippen LogP contribution >= 0.6 is 11.6 Å². The summed E-state index contributed by atoms with van der Waals surface area (Å²) in [4.78, 5) is 16.7. The van der Waals surface area contributed by atoms with Gasteiger partial charge in [0.1, 0.15) is 18.1 Å². The van der Waals surface area contributed by atoms with E-state index in [4.69, 9.17) is 16.1 Å². The second-order valence-electron chi connectivity index (χ2n) is 6.36. The first-order valence-electron chi connectivity index (χ1n) is 8.85. The van der Waals surface area contributed by atoms with Crippen molar-refractivity contribution < 1.29 is 13.7 Å². The molecule has 0 spiro atoms. The molecule has 0 atom stereocenters. The van der Waals surface area contributed by atoms with Gasteiger partial charge in [0, 0.05) is 23.3 Å². The number of hydrogen-bond acceptors (Lipinski definition) is 4. The SMILES string of the molecule is O=C(Cn1cccc1-c1nc(-c2ccc(F)cc2)no1)NCc1cccc(Cl)c1. The zero-order valence-electron chi connectivity index (χ0n) is 15.2. The second-order valence-corrected chi connectivity index (χ2v) is 6.79. The Balaban J connectivity index is 1.44. The average Bonchev–Trinajstić information content (AvgIpc) is 3.36. The number of hydrogen-bond donors (Lipinski definition) is 1. The Bertz CT molecular complexity index is 1140. The van der Waals surface area contributed by atoms with Crippen molar-refractivity contribution in [2.45, 2.75) is 13.1 Å². The lowest BCUT2D eigenvalue weighted by molar-refractivity contribution is -0.121. The Morgan fingerprint density at radius 1 is 1.14 bits per heavy atom. The number of rotatable bonds is 6. The number of nitrogens with zero attached hydrogens (tertiary/aromatic N) is 3. The highest BCUT2D eigenvalue weighted by Crippen LogP contribution is 2.23. The lowest BCUT2D eigenvalue weighted by Crippen LogP contribution is -2.27. The zero-order chi connectivity index (χ0) is 20.2. The summed E-state index contributed by atoms with van der Waals surface area (Å²) >= 11 is 5.96. The van der Waals surface area contributed by atoms with Gasteiger partial charge in [0.25, 0.3) is 5.89 Å². The van der Waals surface area contributed by atoms with Crippen molar-refractivity contribution in [2.75, 3.05) is 0 Å². The van der Waals surface area contributed by atoms with Crippen LogP contribution in [0.25, 0.3) is 23.0 Å². The molecule has 146 valence electrons.